The monoisotopic (exact) mass is 251 g/mol. The summed E-state index contributed by atoms with van der Waals surface area (Å²) < 4.78 is 36.6. The minimum atomic E-state index is -4.94. The zero-order valence-corrected chi connectivity index (χ0v) is 10.2. The van der Waals surface area contributed by atoms with Crippen LogP contribution < -0.4 is 18.6 Å². The van der Waals surface area contributed by atoms with Gasteiger partial charge < -0.3 is 0 Å². The van der Waals surface area contributed by atoms with Crippen LogP contribution in [0.3, 0.4) is 0 Å². The van der Waals surface area contributed by atoms with Gasteiger partial charge in [0.2, 0.25) is 0 Å². The summed E-state index contributed by atoms with van der Waals surface area (Å²) in [4.78, 5) is 0. The fourth-order valence-corrected chi connectivity index (χ4v) is 2.47. The van der Waals surface area contributed by atoms with Crippen LogP contribution in [0.2, 0.25) is 0 Å². The van der Waals surface area contributed by atoms with E-state index >= 15 is 0 Å². The molecule has 2 rings (SSSR count). The second-order valence-electron chi connectivity index (χ2n) is 4.34. The van der Waals surface area contributed by atoms with Gasteiger partial charge in [-0.1, -0.05) is 0 Å². The van der Waals surface area contributed by atoms with Crippen molar-refractivity contribution in [2.45, 2.75) is 51.5 Å². The van der Waals surface area contributed by atoms with Crippen LogP contribution in [-0.2, 0) is 0 Å². The molecule has 0 spiro atoms. The molecule has 0 aromatic heterocycles. The molecule has 2 heterocycles. The van der Waals surface area contributed by atoms with E-state index in [9.17, 15) is 0 Å². The van der Waals surface area contributed by atoms with Crippen LogP contribution in [0, 0.1) is 10.2 Å². The molecule has 16 heavy (non-hydrogen) atoms. The summed E-state index contributed by atoms with van der Waals surface area (Å²) >= 11 is 0. The van der Waals surface area contributed by atoms with Crippen molar-refractivity contribution >= 4 is 5.71 Å². The summed E-state index contributed by atoms with van der Waals surface area (Å²) in [5, 5.41) is 0. The van der Waals surface area contributed by atoms with Gasteiger partial charge in [-0.25, -0.2) is 23.2 Å². The minimum Gasteiger partial charge on any atom is -0.235 e. The molecule has 0 fully saturated rings. The summed E-state index contributed by atoms with van der Waals surface area (Å²) in [6.07, 6.45) is 8.51. The molecule has 6 heteroatoms. The van der Waals surface area contributed by atoms with Crippen molar-refractivity contribution in [2.75, 3.05) is 6.54 Å². The Labute approximate surface area is 97.8 Å². The number of rotatable bonds is 0. The van der Waals surface area contributed by atoms with Gasteiger partial charge in [-0.15, -0.1) is 10.2 Å². The number of halogens is 1. The molecule has 1 atom stereocenters. The number of hydrogen-bond acceptors (Lipinski definition) is 4. The summed E-state index contributed by atoms with van der Waals surface area (Å²) in [6, 6.07) is 0.846. The maximum absolute atomic E-state index is 8.49. The molecule has 1 unspecified atom stereocenters. The highest BCUT2D eigenvalue weighted by atomic mass is 35.7. The van der Waals surface area contributed by atoms with Crippen molar-refractivity contribution in [1.29, 1.82) is 0 Å². The Bertz CT molecular complexity index is 252. The average molecular weight is 252 g/mol. The maximum Gasteiger partial charge on any atom is 0.152 e. The van der Waals surface area contributed by atoms with E-state index in [1.54, 1.807) is 5.71 Å². The van der Waals surface area contributed by atoms with Gasteiger partial charge in [-0.05, 0) is 19.8 Å². The van der Waals surface area contributed by atoms with E-state index in [0.717, 1.165) is 6.04 Å². The van der Waals surface area contributed by atoms with E-state index in [1.807, 2.05) is 0 Å². The Morgan fingerprint density at radius 2 is 1.62 bits per heavy atom. The molecule has 0 radical (unpaired) electrons. The summed E-state index contributed by atoms with van der Waals surface area (Å²) in [6.45, 7) is 3.72. The minimum absolute atomic E-state index is 0.846. The van der Waals surface area contributed by atoms with Gasteiger partial charge in [0.1, 0.15) is 12.6 Å². The van der Waals surface area contributed by atoms with Crippen molar-refractivity contribution in [3.63, 3.8) is 0 Å². The van der Waals surface area contributed by atoms with Gasteiger partial charge in [0, 0.05) is 25.7 Å². The predicted octanol–water partition coefficient (Wildman–Crippen LogP) is -2.56. The zero-order valence-electron chi connectivity index (χ0n) is 9.49. The first-order chi connectivity index (χ1) is 7.38. The molecule has 5 nitrogen and oxygen atoms in total. The first kappa shape index (κ1) is 13.9. The Morgan fingerprint density at radius 3 is 2.19 bits per heavy atom. The highest BCUT2D eigenvalue weighted by Gasteiger charge is 2.27. The Kier molecular flexibility index (Phi) is 5.14. The summed E-state index contributed by atoms with van der Waals surface area (Å²) in [5.41, 5.74) is 1.76. The van der Waals surface area contributed by atoms with E-state index in [4.69, 9.17) is 18.6 Å². The van der Waals surface area contributed by atoms with E-state index in [0.29, 0.717) is 0 Å². The van der Waals surface area contributed by atoms with E-state index in [1.165, 1.54) is 45.1 Å². The standard InChI is InChI=1S/C10H18N.ClHO4/c1-9-5-4-7-10-6-2-3-8-11(9)10;2-1(3,4)5/h9H,2-8H2,1H3;(H,2,3,4,5)/q+1;/p-1. The Hall–Kier alpha value is -0.200. The average Bonchev–Trinajstić information content (AvgIpc) is 2.16. The van der Waals surface area contributed by atoms with Crippen molar-refractivity contribution in [3.8, 4) is 0 Å². The van der Waals surface area contributed by atoms with E-state index in [2.05, 4.69) is 11.5 Å². The topological polar surface area (TPSA) is 95.2 Å². The molecule has 94 valence electrons. The fraction of sp³-hybridized carbons (Fsp3) is 0.900. The fourth-order valence-electron chi connectivity index (χ4n) is 2.47. The molecule has 0 aromatic rings. The maximum atomic E-state index is 8.49. The first-order valence-corrected chi connectivity index (χ1v) is 6.84. The molecule has 0 saturated carbocycles. The van der Waals surface area contributed by atoms with Gasteiger partial charge in [-0.3, -0.25) is 0 Å². The summed E-state index contributed by atoms with van der Waals surface area (Å²) in [7, 11) is -4.94. The predicted molar refractivity (Wildman–Crippen MR) is 47.3 cm³/mol. The van der Waals surface area contributed by atoms with Gasteiger partial charge in [0.05, 0.1) is 0 Å². The van der Waals surface area contributed by atoms with Crippen LogP contribution in [-0.4, -0.2) is 22.9 Å². The van der Waals surface area contributed by atoms with Crippen LogP contribution in [0.25, 0.3) is 0 Å². The van der Waals surface area contributed by atoms with Crippen LogP contribution in [0.1, 0.15) is 45.4 Å². The summed E-state index contributed by atoms with van der Waals surface area (Å²) in [5.74, 6) is 0. The molecule has 0 amide bonds. The third-order valence-electron chi connectivity index (χ3n) is 3.14. The molecule has 0 aromatic carbocycles. The Morgan fingerprint density at radius 1 is 1.06 bits per heavy atom. The molecule has 0 bridgehead atoms. The van der Waals surface area contributed by atoms with Crippen LogP contribution >= 0.6 is 0 Å². The molecule has 0 aliphatic carbocycles. The van der Waals surface area contributed by atoms with Gasteiger partial charge in [0.15, 0.2) is 5.71 Å². The molecule has 0 saturated heterocycles. The molecular formula is C10H18ClNO4. The molecule has 2 aliphatic rings. The van der Waals surface area contributed by atoms with Crippen molar-refractivity contribution < 1.29 is 33.5 Å². The second-order valence-corrected chi connectivity index (χ2v) is 5.09. The highest BCUT2D eigenvalue weighted by Crippen LogP contribution is 2.20. The molecular weight excluding hydrogens is 234 g/mol. The van der Waals surface area contributed by atoms with E-state index in [-0.39, 0.29) is 0 Å². The lowest BCUT2D eigenvalue weighted by molar-refractivity contribution is -2.00. The van der Waals surface area contributed by atoms with Crippen LogP contribution in [0.5, 0.6) is 0 Å². The normalized spacial score (nSPS) is 25.7. The van der Waals surface area contributed by atoms with Crippen molar-refractivity contribution in [2.24, 2.45) is 0 Å². The van der Waals surface area contributed by atoms with E-state index < -0.39 is 10.2 Å². The second kappa shape index (κ2) is 5.93. The third kappa shape index (κ3) is 5.23. The van der Waals surface area contributed by atoms with Gasteiger partial charge in [-0.2, -0.15) is 0 Å². The van der Waals surface area contributed by atoms with Crippen LogP contribution in [0.15, 0.2) is 0 Å². The van der Waals surface area contributed by atoms with Gasteiger partial charge >= 0.3 is 0 Å². The largest absolute Gasteiger partial charge is 0.235 e. The lowest BCUT2D eigenvalue weighted by Gasteiger charge is -2.23. The zero-order chi connectivity index (χ0) is 12.2. The SMILES string of the molecule is CC1CCCC2=[N+]1CCCC2.[O-][Cl+3]([O-])([O-])[O-]. The lowest BCUT2D eigenvalue weighted by atomic mass is 9.95. The number of hydrogen-bond donors (Lipinski definition) is 0. The quantitative estimate of drug-likeness (QED) is 0.443. The Balaban J connectivity index is 0.000000221. The lowest BCUT2D eigenvalue weighted by Crippen LogP contribution is -2.68. The molecule has 0 N–H and O–H groups in total. The first-order valence-electron chi connectivity index (χ1n) is 5.61. The molecule has 2 aliphatic heterocycles. The van der Waals surface area contributed by atoms with Gasteiger partial charge in [0.25, 0.3) is 0 Å². The van der Waals surface area contributed by atoms with Crippen LogP contribution in [0.4, 0.5) is 0 Å². The number of nitrogens with zero attached hydrogens (tertiary/aromatic N) is 1. The third-order valence-corrected chi connectivity index (χ3v) is 3.14. The smallest absolute Gasteiger partial charge is 0.152 e. The van der Waals surface area contributed by atoms with Crippen molar-refractivity contribution in [1.82, 2.24) is 0 Å². The van der Waals surface area contributed by atoms with Crippen molar-refractivity contribution in [3.05, 3.63) is 0 Å². The highest BCUT2D eigenvalue weighted by molar-refractivity contribution is 5.80.